The van der Waals surface area contributed by atoms with Gasteiger partial charge in [-0.3, -0.25) is 0 Å². The van der Waals surface area contributed by atoms with Crippen molar-refractivity contribution in [1.82, 2.24) is 0 Å². The Kier molecular flexibility index (Phi) is 4.62. The first-order valence-corrected chi connectivity index (χ1v) is 7.74. The second kappa shape index (κ2) is 6.84. The number of ether oxygens (including phenoxy) is 3. The minimum absolute atomic E-state index is 0.0125. The van der Waals surface area contributed by atoms with E-state index in [9.17, 15) is 5.11 Å². The van der Waals surface area contributed by atoms with Gasteiger partial charge in [-0.25, -0.2) is 0 Å². The molecule has 0 aliphatic carbocycles. The molecular weight excluding hydrogens is 308 g/mol. The molecule has 0 spiro atoms. The summed E-state index contributed by atoms with van der Waals surface area (Å²) in [6, 6.07) is 10.8. The van der Waals surface area contributed by atoms with Crippen LogP contribution in [0, 0.1) is 0 Å². The topological polar surface area (TPSA) is 68.2 Å². The lowest BCUT2D eigenvalue weighted by atomic mass is 10.0. The van der Waals surface area contributed by atoms with Crippen LogP contribution in [0.4, 0.5) is 0 Å². The van der Waals surface area contributed by atoms with Crippen molar-refractivity contribution in [3.8, 4) is 23.0 Å². The van der Waals surface area contributed by atoms with Gasteiger partial charge in [0.25, 0.3) is 0 Å². The monoisotopic (exact) mass is 328 g/mol. The van der Waals surface area contributed by atoms with E-state index in [-0.39, 0.29) is 24.6 Å². The Bertz CT molecular complexity index is 753. The van der Waals surface area contributed by atoms with Crippen LogP contribution in [-0.4, -0.2) is 30.0 Å². The maximum Gasteiger partial charge on any atom is 0.162 e. The Morgan fingerprint density at radius 2 is 1.96 bits per heavy atom. The Labute approximate surface area is 140 Å². The fourth-order valence-electron chi connectivity index (χ4n) is 2.71. The van der Waals surface area contributed by atoms with E-state index in [0.717, 1.165) is 11.1 Å². The molecule has 1 aliphatic heterocycles. The third-order valence-electron chi connectivity index (χ3n) is 3.91. The molecular formula is C19H20O5. The molecule has 0 radical (unpaired) electrons. The van der Waals surface area contributed by atoms with E-state index in [0.29, 0.717) is 17.2 Å². The third kappa shape index (κ3) is 3.16. The number of phenols is 1. The standard InChI is InChI=1S/C19H20O5/c1-12-19(14-6-7-15(21)17(11-14)22-2)24-18-10-13(4-3-9-20)5-8-16(18)23-12/h3-8,10-12,19-21H,9H2,1-2H3/t12-,19+/m1/s1. The Hall–Kier alpha value is -2.66. The predicted molar refractivity (Wildman–Crippen MR) is 90.7 cm³/mol. The van der Waals surface area contributed by atoms with Crippen LogP contribution in [0.3, 0.4) is 0 Å². The van der Waals surface area contributed by atoms with Crippen molar-refractivity contribution in [3.63, 3.8) is 0 Å². The second-order valence-corrected chi connectivity index (χ2v) is 5.58. The van der Waals surface area contributed by atoms with Gasteiger partial charge in [0.1, 0.15) is 6.10 Å². The minimum atomic E-state index is -0.316. The summed E-state index contributed by atoms with van der Waals surface area (Å²) in [4.78, 5) is 0. The second-order valence-electron chi connectivity index (χ2n) is 5.58. The van der Waals surface area contributed by atoms with Crippen molar-refractivity contribution in [2.24, 2.45) is 0 Å². The number of aromatic hydroxyl groups is 1. The van der Waals surface area contributed by atoms with E-state index < -0.39 is 0 Å². The number of rotatable bonds is 4. The molecule has 5 heteroatoms. The zero-order valence-corrected chi connectivity index (χ0v) is 13.6. The summed E-state index contributed by atoms with van der Waals surface area (Å²) in [5.41, 5.74) is 1.78. The first kappa shape index (κ1) is 16.2. The van der Waals surface area contributed by atoms with Crippen LogP contribution >= 0.6 is 0 Å². The van der Waals surface area contributed by atoms with Gasteiger partial charge in [-0.05, 0) is 36.8 Å². The van der Waals surface area contributed by atoms with Gasteiger partial charge in [0.2, 0.25) is 0 Å². The summed E-state index contributed by atoms with van der Waals surface area (Å²) in [6.07, 6.45) is 2.98. The van der Waals surface area contributed by atoms with E-state index >= 15 is 0 Å². The van der Waals surface area contributed by atoms with E-state index in [1.54, 1.807) is 24.3 Å². The molecule has 0 saturated carbocycles. The van der Waals surface area contributed by atoms with Gasteiger partial charge in [-0.15, -0.1) is 0 Å². The van der Waals surface area contributed by atoms with Crippen molar-refractivity contribution < 1.29 is 24.4 Å². The highest BCUT2D eigenvalue weighted by Crippen LogP contribution is 2.41. The zero-order valence-electron chi connectivity index (χ0n) is 13.6. The molecule has 2 atom stereocenters. The summed E-state index contributed by atoms with van der Waals surface area (Å²) in [5.74, 6) is 1.81. The van der Waals surface area contributed by atoms with Crippen LogP contribution < -0.4 is 14.2 Å². The minimum Gasteiger partial charge on any atom is -0.504 e. The van der Waals surface area contributed by atoms with E-state index in [1.165, 1.54) is 7.11 Å². The van der Waals surface area contributed by atoms with Crippen molar-refractivity contribution in [2.45, 2.75) is 19.1 Å². The molecule has 126 valence electrons. The number of fused-ring (bicyclic) bond motifs is 1. The molecule has 1 aliphatic rings. The molecule has 24 heavy (non-hydrogen) atoms. The van der Waals surface area contributed by atoms with Crippen LogP contribution in [0.2, 0.25) is 0 Å². The van der Waals surface area contributed by atoms with Crippen LogP contribution in [0.1, 0.15) is 24.2 Å². The quantitative estimate of drug-likeness (QED) is 0.901. The van der Waals surface area contributed by atoms with Crippen molar-refractivity contribution >= 4 is 6.08 Å². The van der Waals surface area contributed by atoms with Gasteiger partial charge in [-0.1, -0.05) is 24.3 Å². The highest BCUT2D eigenvalue weighted by molar-refractivity contribution is 5.56. The summed E-state index contributed by atoms with van der Waals surface area (Å²) < 4.78 is 17.3. The molecule has 2 N–H and O–H groups in total. The zero-order chi connectivity index (χ0) is 17.1. The predicted octanol–water partition coefficient (Wildman–Crippen LogP) is 3.31. The van der Waals surface area contributed by atoms with Gasteiger partial charge < -0.3 is 24.4 Å². The van der Waals surface area contributed by atoms with Crippen molar-refractivity contribution in [3.05, 3.63) is 53.6 Å². The maximum absolute atomic E-state index is 9.75. The largest absolute Gasteiger partial charge is 0.504 e. The summed E-state index contributed by atoms with van der Waals surface area (Å²) >= 11 is 0. The van der Waals surface area contributed by atoms with Crippen LogP contribution in [0.25, 0.3) is 6.08 Å². The lowest BCUT2D eigenvalue weighted by molar-refractivity contribution is 0.0305. The number of phenolic OH excluding ortho intramolecular Hbond substituents is 1. The van der Waals surface area contributed by atoms with Crippen LogP contribution in [0.5, 0.6) is 23.0 Å². The average molecular weight is 328 g/mol. The van der Waals surface area contributed by atoms with Crippen molar-refractivity contribution in [1.29, 1.82) is 0 Å². The number of benzene rings is 2. The molecule has 0 unspecified atom stereocenters. The lowest BCUT2D eigenvalue weighted by Crippen LogP contribution is -2.30. The van der Waals surface area contributed by atoms with Gasteiger partial charge in [0.05, 0.1) is 13.7 Å². The molecule has 0 amide bonds. The summed E-state index contributed by atoms with van der Waals surface area (Å²) in [7, 11) is 1.51. The van der Waals surface area contributed by atoms with Gasteiger partial charge in [-0.2, -0.15) is 0 Å². The number of methoxy groups -OCH3 is 1. The summed E-state index contributed by atoms with van der Waals surface area (Å²) in [5, 5.41) is 18.6. The highest BCUT2D eigenvalue weighted by atomic mass is 16.6. The number of hydrogen-bond acceptors (Lipinski definition) is 5. The van der Waals surface area contributed by atoms with E-state index in [1.807, 2.05) is 31.2 Å². The molecule has 2 aromatic rings. The van der Waals surface area contributed by atoms with Crippen molar-refractivity contribution in [2.75, 3.05) is 13.7 Å². The van der Waals surface area contributed by atoms with E-state index in [4.69, 9.17) is 19.3 Å². The van der Waals surface area contributed by atoms with Gasteiger partial charge >= 0.3 is 0 Å². The maximum atomic E-state index is 9.75. The number of aliphatic hydroxyl groups excluding tert-OH is 1. The van der Waals surface area contributed by atoms with E-state index in [2.05, 4.69) is 0 Å². The first-order valence-electron chi connectivity index (χ1n) is 7.74. The Morgan fingerprint density at radius 3 is 2.71 bits per heavy atom. The SMILES string of the molecule is COc1cc([C@H]2Oc3cc(C=CCO)ccc3O[C@@H]2C)ccc1O. The molecule has 5 nitrogen and oxygen atoms in total. The average Bonchev–Trinajstić information content (AvgIpc) is 2.60. The molecule has 0 bridgehead atoms. The molecule has 0 fully saturated rings. The highest BCUT2D eigenvalue weighted by Gasteiger charge is 2.30. The van der Waals surface area contributed by atoms with Crippen LogP contribution in [-0.2, 0) is 0 Å². The molecule has 0 saturated heterocycles. The summed E-state index contributed by atoms with van der Waals surface area (Å²) in [6.45, 7) is 1.92. The fraction of sp³-hybridized carbons (Fsp3) is 0.263. The number of hydrogen-bond donors (Lipinski definition) is 2. The molecule has 2 aromatic carbocycles. The van der Waals surface area contributed by atoms with Gasteiger partial charge in [0, 0.05) is 5.56 Å². The Balaban J connectivity index is 1.91. The molecule has 1 heterocycles. The van der Waals surface area contributed by atoms with Crippen LogP contribution in [0.15, 0.2) is 42.5 Å². The smallest absolute Gasteiger partial charge is 0.162 e. The third-order valence-corrected chi connectivity index (χ3v) is 3.91. The normalized spacial score (nSPS) is 19.5. The molecule has 3 rings (SSSR count). The molecule has 0 aromatic heterocycles. The fourth-order valence-corrected chi connectivity index (χ4v) is 2.71. The Morgan fingerprint density at radius 1 is 1.12 bits per heavy atom. The first-order chi connectivity index (χ1) is 11.6. The van der Waals surface area contributed by atoms with Gasteiger partial charge in [0.15, 0.2) is 29.1 Å². The number of aliphatic hydroxyl groups is 1. The lowest BCUT2D eigenvalue weighted by Gasteiger charge is -2.32.